The normalized spacial score (nSPS) is 19.7. The highest BCUT2D eigenvalue weighted by Crippen LogP contribution is 2.41. The van der Waals surface area contributed by atoms with Crippen LogP contribution in [-0.2, 0) is 4.43 Å². The highest BCUT2D eigenvalue weighted by atomic mass is 28.4. The molecule has 0 bridgehead atoms. The number of aromatic carboxylic acids is 1. The second kappa shape index (κ2) is 8.78. The summed E-state index contributed by atoms with van der Waals surface area (Å²) in [5, 5.41) is 21.2. The molecule has 0 aliphatic heterocycles. The van der Waals surface area contributed by atoms with E-state index in [0.29, 0.717) is 11.3 Å². The quantitative estimate of drug-likeness (QED) is 0.330. The fourth-order valence-corrected chi connectivity index (χ4v) is 5.53. The first kappa shape index (κ1) is 24.1. The Balaban J connectivity index is 1.84. The molecule has 1 heterocycles. The molecule has 0 unspecified atom stereocenters. The van der Waals surface area contributed by atoms with Gasteiger partial charge in [0.2, 0.25) is 0 Å². The van der Waals surface area contributed by atoms with Gasteiger partial charge in [-0.05, 0) is 62.4 Å². The summed E-state index contributed by atoms with van der Waals surface area (Å²) in [5.74, 6) is -0.229. The molecule has 2 aromatic rings. The van der Waals surface area contributed by atoms with E-state index in [2.05, 4.69) is 38.8 Å². The first-order chi connectivity index (χ1) is 14.8. The third-order valence-corrected chi connectivity index (χ3v) is 11.5. The van der Waals surface area contributed by atoms with E-state index in [-0.39, 0.29) is 28.3 Å². The van der Waals surface area contributed by atoms with Gasteiger partial charge in [0.05, 0.1) is 10.5 Å². The molecule has 1 saturated carbocycles. The first-order valence-corrected chi connectivity index (χ1v) is 14.0. The predicted molar refractivity (Wildman–Crippen MR) is 125 cm³/mol. The number of carboxylic acid groups (broad SMARTS) is 1. The fraction of sp³-hybridized carbons (Fsp3) is 0.565. The van der Waals surface area contributed by atoms with Gasteiger partial charge in [-0.25, -0.2) is 9.78 Å². The summed E-state index contributed by atoms with van der Waals surface area (Å²) in [7, 11) is -1.83. The first-order valence-electron chi connectivity index (χ1n) is 11.1. The monoisotopic (exact) mass is 459 g/mol. The maximum Gasteiger partial charge on any atom is 0.336 e. The lowest BCUT2D eigenvalue weighted by Crippen LogP contribution is -2.44. The number of imidazole rings is 1. The SMILES string of the molecule is Cc1cc(-n2ccnc2C2CCC(O[Si](C)(C)C(C)(C)C)CC2)c([N+](=O)[O-])cc1C(=O)O. The number of carbonyl (C=O) groups is 1. The number of nitrogens with zero attached hydrogens (tertiary/aromatic N) is 3. The number of carboxylic acids is 1. The molecule has 1 aromatic carbocycles. The Bertz CT molecular complexity index is 1020. The molecule has 1 aromatic heterocycles. The van der Waals surface area contributed by atoms with Crippen LogP contribution in [0.4, 0.5) is 5.69 Å². The Kier molecular flexibility index (Phi) is 6.62. The molecular formula is C23H33N3O5Si. The number of rotatable bonds is 6. The van der Waals surface area contributed by atoms with E-state index in [4.69, 9.17) is 4.43 Å². The second-order valence-electron chi connectivity index (χ2n) is 10.2. The molecule has 0 saturated heterocycles. The van der Waals surface area contributed by atoms with Crippen molar-refractivity contribution in [2.75, 3.05) is 0 Å². The molecule has 0 spiro atoms. The summed E-state index contributed by atoms with van der Waals surface area (Å²) in [6.07, 6.45) is 7.27. The Morgan fingerprint density at radius 3 is 2.41 bits per heavy atom. The molecule has 3 rings (SSSR count). The maximum atomic E-state index is 11.7. The van der Waals surface area contributed by atoms with Crippen LogP contribution in [-0.4, -0.2) is 40.0 Å². The van der Waals surface area contributed by atoms with Crippen molar-refractivity contribution < 1.29 is 19.3 Å². The zero-order valence-electron chi connectivity index (χ0n) is 19.7. The zero-order chi connectivity index (χ0) is 23.8. The van der Waals surface area contributed by atoms with Crippen LogP contribution in [0.25, 0.3) is 5.69 Å². The van der Waals surface area contributed by atoms with E-state index in [1.165, 1.54) is 0 Å². The lowest BCUT2D eigenvalue weighted by Gasteiger charge is -2.41. The van der Waals surface area contributed by atoms with Crippen LogP contribution in [0.5, 0.6) is 0 Å². The number of nitro benzene ring substituents is 1. The van der Waals surface area contributed by atoms with Gasteiger partial charge in [-0.2, -0.15) is 0 Å². The van der Waals surface area contributed by atoms with Crippen molar-refractivity contribution in [3.05, 3.63) is 51.6 Å². The van der Waals surface area contributed by atoms with E-state index in [1.54, 1.807) is 30.0 Å². The van der Waals surface area contributed by atoms with E-state index in [0.717, 1.165) is 37.6 Å². The topological polar surface area (TPSA) is 107 Å². The van der Waals surface area contributed by atoms with E-state index < -0.39 is 19.2 Å². The summed E-state index contributed by atoms with van der Waals surface area (Å²) in [6, 6.07) is 2.71. The third kappa shape index (κ3) is 4.78. The van der Waals surface area contributed by atoms with E-state index in [1.807, 2.05) is 0 Å². The van der Waals surface area contributed by atoms with Gasteiger partial charge in [0, 0.05) is 30.5 Å². The van der Waals surface area contributed by atoms with Crippen molar-refractivity contribution in [1.29, 1.82) is 0 Å². The largest absolute Gasteiger partial charge is 0.478 e. The van der Waals surface area contributed by atoms with Crippen LogP contribution < -0.4 is 0 Å². The summed E-state index contributed by atoms with van der Waals surface area (Å²) in [4.78, 5) is 27.2. The van der Waals surface area contributed by atoms with Crippen LogP contribution >= 0.6 is 0 Å². The minimum absolute atomic E-state index is 0.0644. The van der Waals surface area contributed by atoms with Gasteiger partial charge < -0.3 is 9.53 Å². The van der Waals surface area contributed by atoms with Crippen LogP contribution in [0, 0.1) is 17.0 Å². The highest BCUT2D eigenvalue weighted by molar-refractivity contribution is 6.74. The van der Waals surface area contributed by atoms with Gasteiger partial charge in [-0.3, -0.25) is 14.7 Å². The second-order valence-corrected chi connectivity index (χ2v) is 15.0. The van der Waals surface area contributed by atoms with Crippen LogP contribution in [0.15, 0.2) is 24.5 Å². The van der Waals surface area contributed by atoms with Crippen LogP contribution in [0.2, 0.25) is 18.1 Å². The average molecular weight is 460 g/mol. The van der Waals surface area contributed by atoms with E-state index in [9.17, 15) is 20.0 Å². The number of hydrogen-bond acceptors (Lipinski definition) is 5. The minimum atomic E-state index is -1.83. The van der Waals surface area contributed by atoms with Crippen LogP contribution in [0.1, 0.15) is 74.1 Å². The molecule has 1 aliphatic rings. The predicted octanol–water partition coefficient (Wildman–Crippen LogP) is 5.84. The standard InChI is InChI=1S/C23H33N3O5Si/c1-15-13-19(20(26(29)30)14-18(15)22(27)28)25-12-11-24-21(25)16-7-9-17(10-8-16)31-32(5,6)23(2,3)4/h11-14,16-17H,7-10H2,1-6H3,(H,27,28). The molecule has 1 aliphatic carbocycles. The van der Waals surface area contributed by atoms with Crippen molar-refractivity contribution in [3.8, 4) is 5.69 Å². The van der Waals surface area contributed by atoms with Gasteiger partial charge >= 0.3 is 5.97 Å². The van der Waals surface area contributed by atoms with Gasteiger partial charge in [-0.1, -0.05) is 20.8 Å². The van der Waals surface area contributed by atoms with Gasteiger partial charge in [0.15, 0.2) is 8.32 Å². The zero-order valence-corrected chi connectivity index (χ0v) is 20.7. The lowest BCUT2D eigenvalue weighted by atomic mass is 9.87. The number of aromatic nitrogens is 2. The van der Waals surface area contributed by atoms with Crippen molar-refractivity contribution in [1.82, 2.24) is 9.55 Å². The lowest BCUT2D eigenvalue weighted by molar-refractivity contribution is -0.384. The molecular weight excluding hydrogens is 426 g/mol. The molecule has 0 radical (unpaired) electrons. The minimum Gasteiger partial charge on any atom is -0.478 e. The third-order valence-electron chi connectivity index (χ3n) is 6.98. The molecule has 1 fully saturated rings. The van der Waals surface area contributed by atoms with Crippen molar-refractivity contribution in [3.63, 3.8) is 0 Å². The summed E-state index contributed by atoms with van der Waals surface area (Å²) in [6.45, 7) is 12.9. The van der Waals surface area contributed by atoms with Crippen molar-refractivity contribution in [2.45, 2.75) is 83.5 Å². The average Bonchev–Trinajstić information content (AvgIpc) is 3.16. The fourth-order valence-electron chi connectivity index (χ4n) is 4.10. The smallest absolute Gasteiger partial charge is 0.336 e. The van der Waals surface area contributed by atoms with E-state index >= 15 is 0 Å². The number of aryl methyl sites for hydroxylation is 1. The molecule has 8 nitrogen and oxygen atoms in total. The molecule has 174 valence electrons. The summed E-state index contributed by atoms with van der Waals surface area (Å²) >= 11 is 0. The van der Waals surface area contributed by atoms with Crippen molar-refractivity contribution >= 4 is 20.0 Å². The number of nitro groups is 1. The van der Waals surface area contributed by atoms with Gasteiger partial charge in [0.25, 0.3) is 5.69 Å². The molecule has 1 N–H and O–H groups in total. The summed E-state index contributed by atoms with van der Waals surface area (Å²) in [5.41, 5.74) is 0.529. The van der Waals surface area contributed by atoms with Gasteiger partial charge in [-0.15, -0.1) is 0 Å². The Morgan fingerprint density at radius 1 is 1.25 bits per heavy atom. The highest BCUT2D eigenvalue weighted by Gasteiger charge is 2.40. The van der Waals surface area contributed by atoms with Crippen molar-refractivity contribution in [2.24, 2.45) is 0 Å². The maximum absolute atomic E-state index is 11.7. The van der Waals surface area contributed by atoms with Gasteiger partial charge in [0.1, 0.15) is 11.5 Å². The summed E-state index contributed by atoms with van der Waals surface area (Å²) < 4.78 is 8.34. The van der Waals surface area contributed by atoms with Crippen LogP contribution in [0.3, 0.4) is 0 Å². The molecule has 0 atom stereocenters. The number of benzene rings is 1. The molecule has 0 amide bonds. The Labute approximate surface area is 189 Å². The Morgan fingerprint density at radius 2 is 1.88 bits per heavy atom. The molecule has 32 heavy (non-hydrogen) atoms. The number of hydrogen-bond donors (Lipinski definition) is 1. The molecule has 9 heteroatoms. The Hall–Kier alpha value is -2.52.